The van der Waals surface area contributed by atoms with Crippen LogP contribution in [0.4, 0.5) is 4.79 Å². The molecule has 0 bridgehead atoms. The topological polar surface area (TPSA) is 57.7 Å². The van der Waals surface area contributed by atoms with Crippen LogP contribution in [0.15, 0.2) is 18.3 Å². The molecule has 1 aliphatic rings. The van der Waals surface area contributed by atoms with E-state index < -0.39 is 0 Å². The summed E-state index contributed by atoms with van der Waals surface area (Å²) in [5.41, 5.74) is 0.982. The van der Waals surface area contributed by atoms with E-state index in [1.54, 1.807) is 6.20 Å². The molecule has 1 heterocycles. The molecular formula is C21H36N4O2. The van der Waals surface area contributed by atoms with Crippen LogP contribution < -0.4 is 10.1 Å². The van der Waals surface area contributed by atoms with Crippen molar-refractivity contribution in [3.05, 3.63) is 23.9 Å². The van der Waals surface area contributed by atoms with Gasteiger partial charge in [0.1, 0.15) is 0 Å². The second-order valence-corrected chi connectivity index (χ2v) is 7.78. The molecule has 0 aliphatic heterocycles. The number of carbonyl (C=O) groups excluding carboxylic acids is 1. The van der Waals surface area contributed by atoms with Gasteiger partial charge in [0.05, 0.1) is 6.61 Å². The highest BCUT2D eigenvalue weighted by atomic mass is 16.5. The molecule has 1 aliphatic carbocycles. The van der Waals surface area contributed by atoms with Gasteiger partial charge in [-0.05, 0) is 43.3 Å². The Bertz CT molecular complexity index is 554. The Kier molecular flexibility index (Phi) is 8.85. The van der Waals surface area contributed by atoms with Crippen LogP contribution in [-0.4, -0.2) is 60.1 Å². The largest absolute Gasteiger partial charge is 0.477 e. The van der Waals surface area contributed by atoms with Gasteiger partial charge in [0.2, 0.25) is 5.88 Å². The maximum Gasteiger partial charge on any atom is 0.317 e. The molecule has 0 spiro atoms. The number of ether oxygens (including phenoxy) is 1. The summed E-state index contributed by atoms with van der Waals surface area (Å²) in [5.74, 6) is 1.82. The fourth-order valence-corrected chi connectivity index (χ4v) is 2.90. The van der Waals surface area contributed by atoms with Gasteiger partial charge in [0.15, 0.2) is 0 Å². The number of amides is 2. The highest BCUT2D eigenvalue weighted by Crippen LogP contribution is 2.29. The van der Waals surface area contributed by atoms with Gasteiger partial charge in [0.25, 0.3) is 0 Å². The number of hydrogen-bond donors (Lipinski definition) is 1. The zero-order chi connectivity index (χ0) is 19.6. The van der Waals surface area contributed by atoms with E-state index in [-0.39, 0.29) is 6.03 Å². The molecule has 2 amide bonds. The first-order valence-electron chi connectivity index (χ1n) is 10.3. The van der Waals surface area contributed by atoms with Crippen LogP contribution in [0.1, 0.15) is 46.1 Å². The molecule has 1 N–H and O–H groups in total. The molecule has 0 aromatic carbocycles. The Labute approximate surface area is 164 Å². The molecule has 6 heteroatoms. The van der Waals surface area contributed by atoms with Gasteiger partial charge in [-0.15, -0.1) is 0 Å². The zero-order valence-electron chi connectivity index (χ0n) is 17.4. The molecule has 0 radical (unpaired) electrons. The lowest BCUT2D eigenvalue weighted by molar-refractivity contribution is 0.177. The SMILES string of the molecule is CCN(CC)CCN(CC(C)C)C(=O)NCc1ccc(OCC2CC2)nc1. The summed E-state index contributed by atoms with van der Waals surface area (Å²) in [6.45, 7) is 14.3. The maximum absolute atomic E-state index is 12.6. The normalized spacial score (nSPS) is 13.9. The van der Waals surface area contributed by atoms with Crippen LogP contribution in [0.3, 0.4) is 0 Å². The lowest BCUT2D eigenvalue weighted by Gasteiger charge is -2.28. The molecule has 1 saturated carbocycles. The third-order valence-corrected chi connectivity index (χ3v) is 4.86. The predicted octanol–water partition coefficient (Wildman–Crippen LogP) is 3.38. The number of likely N-dealkylation sites (N-methyl/N-ethyl adjacent to an activating group) is 1. The van der Waals surface area contributed by atoms with Crippen molar-refractivity contribution in [2.45, 2.75) is 47.1 Å². The monoisotopic (exact) mass is 376 g/mol. The smallest absolute Gasteiger partial charge is 0.317 e. The lowest BCUT2D eigenvalue weighted by Crippen LogP contribution is -2.45. The highest BCUT2D eigenvalue weighted by Gasteiger charge is 2.22. The van der Waals surface area contributed by atoms with Crippen molar-refractivity contribution < 1.29 is 9.53 Å². The quantitative estimate of drug-likeness (QED) is 0.608. The van der Waals surface area contributed by atoms with Crippen LogP contribution in [0, 0.1) is 11.8 Å². The van der Waals surface area contributed by atoms with Crippen LogP contribution in [0.5, 0.6) is 5.88 Å². The van der Waals surface area contributed by atoms with Crippen molar-refractivity contribution in [3.63, 3.8) is 0 Å². The van der Waals surface area contributed by atoms with Gasteiger partial charge < -0.3 is 19.9 Å². The summed E-state index contributed by atoms with van der Waals surface area (Å²) < 4.78 is 5.66. The number of rotatable bonds is 12. The second-order valence-electron chi connectivity index (χ2n) is 7.78. The van der Waals surface area contributed by atoms with E-state index in [2.05, 4.69) is 42.9 Å². The molecule has 1 aromatic rings. The summed E-state index contributed by atoms with van der Waals surface area (Å²) >= 11 is 0. The first kappa shape index (κ1) is 21.5. The first-order valence-corrected chi connectivity index (χ1v) is 10.3. The van der Waals surface area contributed by atoms with Crippen molar-refractivity contribution in [2.75, 3.05) is 39.3 Å². The predicted molar refractivity (Wildman–Crippen MR) is 109 cm³/mol. The van der Waals surface area contributed by atoms with Crippen LogP contribution in [-0.2, 0) is 6.54 Å². The number of carbonyl (C=O) groups is 1. The molecule has 1 aromatic heterocycles. The van der Waals surface area contributed by atoms with E-state index in [0.29, 0.717) is 24.3 Å². The van der Waals surface area contributed by atoms with Gasteiger partial charge in [-0.3, -0.25) is 0 Å². The molecule has 6 nitrogen and oxygen atoms in total. The average Bonchev–Trinajstić information content (AvgIpc) is 3.49. The molecular weight excluding hydrogens is 340 g/mol. The van der Waals surface area contributed by atoms with Gasteiger partial charge in [-0.2, -0.15) is 0 Å². The first-order chi connectivity index (χ1) is 13.0. The molecule has 2 rings (SSSR count). The Morgan fingerprint density at radius 1 is 1.26 bits per heavy atom. The number of pyridine rings is 1. The van der Waals surface area contributed by atoms with Gasteiger partial charge in [-0.1, -0.05) is 33.8 Å². The number of urea groups is 1. The third kappa shape index (κ3) is 8.16. The Morgan fingerprint density at radius 2 is 2.00 bits per heavy atom. The number of nitrogens with zero attached hydrogens (tertiary/aromatic N) is 3. The summed E-state index contributed by atoms with van der Waals surface area (Å²) in [5, 5.41) is 3.03. The Hall–Kier alpha value is -1.82. The fourth-order valence-electron chi connectivity index (χ4n) is 2.90. The van der Waals surface area contributed by atoms with Crippen molar-refractivity contribution >= 4 is 6.03 Å². The summed E-state index contributed by atoms with van der Waals surface area (Å²) in [6, 6.07) is 3.85. The number of nitrogens with one attached hydrogen (secondary N) is 1. The van der Waals surface area contributed by atoms with Crippen LogP contribution in [0.2, 0.25) is 0 Å². The van der Waals surface area contributed by atoms with E-state index in [1.165, 1.54) is 12.8 Å². The van der Waals surface area contributed by atoms with E-state index in [1.807, 2.05) is 17.0 Å². The second kappa shape index (κ2) is 11.1. The summed E-state index contributed by atoms with van der Waals surface area (Å²) in [7, 11) is 0. The fraction of sp³-hybridized carbons (Fsp3) is 0.714. The van der Waals surface area contributed by atoms with Gasteiger partial charge in [0, 0.05) is 38.4 Å². The van der Waals surface area contributed by atoms with Crippen molar-refractivity contribution in [1.82, 2.24) is 20.1 Å². The van der Waals surface area contributed by atoms with Crippen LogP contribution >= 0.6 is 0 Å². The van der Waals surface area contributed by atoms with Gasteiger partial charge >= 0.3 is 6.03 Å². The molecule has 27 heavy (non-hydrogen) atoms. The minimum absolute atomic E-state index is 0.00934. The van der Waals surface area contributed by atoms with Crippen LogP contribution in [0.25, 0.3) is 0 Å². The molecule has 0 atom stereocenters. The molecule has 0 saturated heterocycles. The summed E-state index contributed by atoms with van der Waals surface area (Å²) in [6.07, 6.45) is 4.32. The molecule has 152 valence electrons. The average molecular weight is 377 g/mol. The minimum atomic E-state index is -0.00934. The van der Waals surface area contributed by atoms with Crippen molar-refractivity contribution in [3.8, 4) is 5.88 Å². The molecule has 1 fully saturated rings. The zero-order valence-corrected chi connectivity index (χ0v) is 17.4. The molecule has 0 unspecified atom stereocenters. The summed E-state index contributed by atoms with van der Waals surface area (Å²) in [4.78, 5) is 21.2. The van der Waals surface area contributed by atoms with Crippen molar-refractivity contribution in [2.24, 2.45) is 11.8 Å². The van der Waals surface area contributed by atoms with E-state index in [0.717, 1.165) is 44.9 Å². The highest BCUT2D eigenvalue weighted by molar-refractivity contribution is 5.74. The van der Waals surface area contributed by atoms with E-state index in [4.69, 9.17) is 4.74 Å². The third-order valence-electron chi connectivity index (χ3n) is 4.86. The number of hydrogen-bond acceptors (Lipinski definition) is 4. The number of aromatic nitrogens is 1. The Morgan fingerprint density at radius 3 is 2.56 bits per heavy atom. The standard InChI is InChI=1S/C21H36N4O2/c1-5-24(6-2)11-12-25(15-17(3)4)21(26)23-14-19-9-10-20(22-13-19)27-16-18-7-8-18/h9-10,13,17-18H,5-8,11-12,14-16H2,1-4H3,(H,23,26). The van der Waals surface area contributed by atoms with E-state index >= 15 is 0 Å². The maximum atomic E-state index is 12.6. The van der Waals surface area contributed by atoms with Crippen molar-refractivity contribution in [1.29, 1.82) is 0 Å². The van der Waals surface area contributed by atoms with E-state index in [9.17, 15) is 4.79 Å². The minimum Gasteiger partial charge on any atom is -0.477 e. The Balaban J connectivity index is 1.80. The lowest BCUT2D eigenvalue weighted by atomic mass is 10.2. The van der Waals surface area contributed by atoms with Gasteiger partial charge in [-0.25, -0.2) is 9.78 Å².